The molecule has 0 amide bonds. The second-order valence-corrected chi connectivity index (χ2v) is 5.31. The molecular formula is C13H17ClO. The summed E-state index contributed by atoms with van der Waals surface area (Å²) in [5.74, 6) is 2.26. The van der Waals surface area contributed by atoms with E-state index in [0.717, 1.165) is 18.8 Å². The average Bonchev–Trinajstić information content (AvgIpc) is 2.62. The van der Waals surface area contributed by atoms with E-state index in [9.17, 15) is 0 Å². The van der Waals surface area contributed by atoms with Crippen molar-refractivity contribution >= 4 is 11.6 Å². The molecule has 0 N–H and O–H groups in total. The highest BCUT2D eigenvalue weighted by Gasteiger charge is 2.29. The lowest BCUT2D eigenvalue weighted by Crippen LogP contribution is -2.18. The first-order chi connectivity index (χ1) is 7.12. The number of benzene rings is 1. The Morgan fingerprint density at radius 1 is 1.40 bits per heavy atom. The van der Waals surface area contributed by atoms with Crippen molar-refractivity contribution in [1.82, 2.24) is 0 Å². The van der Waals surface area contributed by atoms with Gasteiger partial charge in [0.15, 0.2) is 0 Å². The van der Waals surface area contributed by atoms with Crippen molar-refractivity contribution in [2.24, 2.45) is 5.41 Å². The van der Waals surface area contributed by atoms with E-state index < -0.39 is 0 Å². The van der Waals surface area contributed by atoms with Crippen LogP contribution in [-0.4, -0.2) is 12.5 Å². The van der Waals surface area contributed by atoms with Crippen LogP contribution in [0.2, 0.25) is 0 Å². The van der Waals surface area contributed by atoms with Crippen molar-refractivity contribution in [3.05, 3.63) is 29.8 Å². The van der Waals surface area contributed by atoms with Crippen LogP contribution in [0.15, 0.2) is 24.3 Å². The molecule has 0 radical (unpaired) electrons. The molecule has 1 aliphatic rings. The quantitative estimate of drug-likeness (QED) is 0.710. The van der Waals surface area contributed by atoms with Gasteiger partial charge in [-0.25, -0.2) is 0 Å². The second kappa shape index (κ2) is 4.05. The van der Waals surface area contributed by atoms with Gasteiger partial charge in [0.25, 0.3) is 0 Å². The maximum Gasteiger partial charge on any atom is 0.122 e. The lowest BCUT2D eigenvalue weighted by Gasteiger charge is -2.24. The Hall–Kier alpha value is -0.690. The second-order valence-electron chi connectivity index (χ2n) is 5.05. The van der Waals surface area contributed by atoms with Crippen molar-refractivity contribution < 1.29 is 4.74 Å². The van der Waals surface area contributed by atoms with E-state index in [1.807, 2.05) is 12.1 Å². The van der Waals surface area contributed by atoms with Gasteiger partial charge in [0.1, 0.15) is 5.75 Å². The SMILES string of the molecule is CC(C)(CCl)CC1COc2ccccc21. The lowest BCUT2D eigenvalue weighted by molar-refractivity contribution is 0.278. The third-order valence-electron chi connectivity index (χ3n) is 2.96. The van der Waals surface area contributed by atoms with E-state index >= 15 is 0 Å². The number of hydrogen-bond donors (Lipinski definition) is 0. The molecule has 1 unspecified atom stereocenters. The molecule has 0 saturated heterocycles. The third kappa shape index (κ3) is 2.28. The standard InChI is InChI=1S/C13H17ClO/c1-13(2,9-14)7-10-8-15-12-6-4-3-5-11(10)12/h3-6,10H,7-9H2,1-2H3. The van der Waals surface area contributed by atoms with Gasteiger partial charge in [-0.3, -0.25) is 0 Å². The van der Waals surface area contributed by atoms with Crippen molar-refractivity contribution in [2.75, 3.05) is 12.5 Å². The first kappa shape index (κ1) is 10.8. The highest BCUT2D eigenvalue weighted by Crippen LogP contribution is 2.40. The zero-order valence-electron chi connectivity index (χ0n) is 9.29. The van der Waals surface area contributed by atoms with Crippen molar-refractivity contribution in [3.63, 3.8) is 0 Å². The van der Waals surface area contributed by atoms with Gasteiger partial charge in [-0.05, 0) is 17.9 Å². The molecule has 1 aromatic carbocycles. The summed E-state index contributed by atoms with van der Waals surface area (Å²) in [4.78, 5) is 0. The molecule has 0 fully saturated rings. The van der Waals surface area contributed by atoms with Crippen LogP contribution in [0.1, 0.15) is 31.7 Å². The number of para-hydroxylation sites is 1. The highest BCUT2D eigenvalue weighted by atomic mass is 35.5. The molecule has 82 valence electrons. The Kier molecular flexibility index (Phi) is 2.92. The molecule has 1 aliphatic heterocycles. The molecule has 2 heteroatoms. The Balaban J connectivity index is 2.14. The predicted octanol–water partition coefficient (Wildman–Crippen LogP) is 3.82. The number of halogens is 1. The summed E-state index contributed by atoms with van der Waals surface area (Å²) in [5, 5.41) is 0. The molecule has 2 rings (SSSR count). The molecule has 0 aromatic heterocycles. The topological polar surface area (TPSA) is 9.23 Å². The molecule has 1 nitrogen and oxygen atoms in total. The zero-order valence-corrected chi connectivity index (χ0v) is 10.1. The van der Waals surface area contributed by atoms with E-state index in [4.69, 9.17) is 16.3 Å². The number of alkyl halides is 1. The van der Waals surface area contributed by atoms with E-state index in [2.05, 4.69) is 26.0 Å². The summed E-state index contributed by atoms with van der Waals surface area (Å²) < 4.78 is 5.66. The molecule has 0 spiro atoms. The molecule has 1 aromatic rings. The minimum absolute atomic E-state index is 0.188. The minimum Gasteiger partial charge on any atom is -0.493 e. The van der Waals surface area contributed by atoms with Crippen LogP contribution in [0.5, 0.6) is 5.75 Å². The summed E-state index contributed by atoms with van der Waals surface area (Å²) >= 11 is 5.96. The summed E-state index contributed by atoms with van der Waals surface area (Å²) in [6, 6.07) is 8.31. The normalized spacial score (nSPS) is 19.8. The zero-order chi connectivity index (χ0) is 10.9. The first-order valence-corrected chi connectivity index (χ1v) is 5.93. The average molecular weight is 225 g/mol. The van der Waals surface area contributed by atoms with Crippen LogP contribution in [0.25, 0.3) is 0 Å². The van der Waals surface area contributed by atoms with E-state index in [1.54, 1.807) is 0 Å². The van der Waals surface area contributed by atoms with Gasteiger partial charge in [0, 0.05) is 17.4 Å². The third-order valence-corrected chi connectivity index (χ3v) is 3.68. The molecule has 0 saturated carbocycles. The van der Waals surface area contributed by atoms with Gasteiger partial charge in [0.05, 0.1) is 6.61 Å². The summed E-state index contributed by atoms with van der Waals surface area (Å²) in [7, 11) is 0. The molecular weight excluding hydrogens is 208 g/mol. The predicted molar refractivity (Wildman–Crippen MR) is 63.8 cm³/mol. The fraction of sp³-hybridized carbons (Fsp3) is 0.538. The van der Waals surface area contributed by atoms with E-state index in [0.29, 0.717) is 11.8 Å². The smallest absolute Gasteiger partial charge is 0.122 e. The van der Waals surface area contributed by atoms with Crippen LogP contribution >= 0.6 is 11.6 Å². The fourth-order valence-corrected chi connectivity index (χ4v) is 2.23. The molecule has 1 atom stereocenters. The van der Waals surface area contributed by atoms with E-state index in [1.165, 1.54) is 5.56 Å². The van der Waals surface area contributed by atoms with Crippen LogP contribution in [0.3, 0.4) is 0 Å². The van der Waals surface area contributed by atoms with Crippen LogP contribution < -0.4 is 4.74 Å². The van der Waals surface area contributed by atoms with Crippen LogP contribution in [0.4, 0.5) is 0 Å². The van der Waals surface area contributed by atoms with Crippen LogP contribution in [-0.2, 0) is 0 Å². The summed E-state index contributed by atoms with van der Waals surface area (Å²) in [6.45, 7) is 5.22. The van der Waals surface area contributed by atoms with Gasteiger partial charge in [0.2, 0.25) is 0 Å². The maximum atomic E-state index is 5.96. The van der Waals surface area contributed by atoms with Gasteiger partial charge >= 0.3 is 0 Å². The minimum atomic E-state index is 0.188. The van der Waals surface area contributed by atoms with E-state index in [-0.39, 0.29) is 5.41 Å². The first-order valence-electron chi connectivity index (χ1n) is 5.40. The molecule has 1 heterocycles. The monoisotopic (exact) mass is 224 g/mol. The van der Waals surface area contributed by atoms with Gasteiger partial charge in [-0.2, -0.15) is 0 Å². The summed E-state index contributed by atoms with van der Waals surface area (Å²) in [5.41, 5.74) is 1.53. The maximum absolute atomic E-state index is 5.96. The number of ether oxygens (including phenoxy) is 1. The number of hydrogen-bond acceptors (Lipinski definition) is 1. The largest absolute Gasteiger partial charge is 0.493 e. The molecule has 15 heavy (non-hydrogen) atoms. The Labute approximate surface area is 96.4 Å². The summed E-state index contributed by atoms with van der Waals surface area (Å²) in [6.07, 6.45) is 1.09. The Morgan fingerprint density at radius 3 is 2.87 bits per heavy atom. The van der Waals surface area contributed by atoms with Gasteiger partial charge in [-0.15, -0.1) is 11.6 Å². The lowest BCUT2D eigenvalue weighted by atomic mass is 9.82. The number of fused-ring (bicyclic) bond motifs is 1. The van der Waals surface area contributed by atoms with Gasteiger partial charge < -0.3 is 4.74 Å². The highest BCUT2D eigenvalue weighted by molar-refractivity contribution is 6.18. The number of rotatable bonds is 3. The Bertz CT molecular complexity index is 346. The molecule has 0 bridgehead atoms. The van der Waals surface area contributed by atoms with Crippen molar-refractivity contribution in [1.29, 1.82) is 0 Å². The van der Waals surface area contributed by atoms with Crippen LogP contribution in [0, 0.1) is 5.41 Å². The van der Waals surface area contributed by atoms with Crippen molar-refractivity contribution in [3.8, 4) is 5.75 Å². The van der Waals surface area contributed by atoms with Crippen molar-refractivity contribution in [2.45, 2.75) is 26.2 Å². The Morgan fingerprint density at radius 2 is 2.13 bits per heavy atom. The molecule has 0 aliphatic carbocycles. The van der Waals surface area contributed by atoms with Gasteiger partial charge in [-0.1, -0.05) is 32.0 Å². The fourth-order valence-electron chi connectivity index (χ4n) is 2.12.